The number of aromatic nitrogens is 1. The molecule has 88 valence electrons. The lowest BCUT2D eigenvalue weighted by molar-refractivity contribution is -0.139. The summed E-state index contributed by atoms with van der Waals surface area (Å²) in [6, 6.07) is -1.35. The van der Waals surface area contributed by atoms with E-state index in [1.165, 1.54) is 11.3 Å². The molecule has 0 aliphatic rings. The number of carbonyl (C=O) groups excluding carboxylic acids is 1. The van der Waals surface area contributed by atoms with Gasteiger partial charge in [0.05, 0.1) is 17.7 Å². The second kappa shape index (κ2) is 6.06. The van der Waals surface area contributed by atoms with E-state index < -0.39 is 18.0 Å². The van der Waals surface area contributed by atoms with Crippen molar-refractivity contribution in [1.29, 1.82) is 0 Å². The Labute approximate surface area is 96.7 Å². The van der Waals surface area contributed by atoms with Crippen LogP contribution in [0.15, 0.2) is 10.9 Å². The van der Waals surface area contributed by atoms with Gasteiger partial charge in [-0.3, -0.25) is 0 Å². The van der Waals surface area contributed by atoms with Gasteiger partial charge in [0.1, 0.15) is 6.04 Å². The minimum absolute atomic E-state index is 0.297. The molecule has 6 nitrogen and oxygen atoms in total. The SMILES string of the molecule is CC[C@@H](NC(=O)NCc1cscn1)C(=O)O. The molecular formula is C9H13N3O3S. The third-order valence-electron chi connectivity index (χ3n) is 1.93. The smallest absolute Gasteiger partial charge is 0.326 e. The molecule has 2 amide bonds. The topological polar surface area (TPSA) is 91.3 Å². The summed E-state index contributed by atoms with van der Waals surface area (Å²) < 4.78 is 0. The molecule has 1 rings (SSSR count). The Hall–Kier alpha value is -1.63. The summed E-state index contributed by atoms with van der Waals surface area (Å²) in [6.07, 6.45) is 0.347. The molecule has 0 saturated carbocycles. The quantitative estimate of drug-likeness (QED) is 0.713. The standard InChI is InChI=1S/C9H13N3O3S/c1-2-7(8(13)14)12-9(15)10-3-6-4-16-5-11-6/h4-5,7H,2-3H2,1H3,(H,13,14)(H2,10,12,15)/t7-/m1/s1. The van der Waals surface area contributed by atoms with Gasteiger partial charge in [0.15, 0.2) is 0 Å². The molecule has 1 aromatic heterocycles. The molecule has 7 heteroatoms. The maximum Gasteiger partial charge on any atom is 0.326 e. The Kier molecular flexibility index (Phi) is 4.71. The highest BCUT2D eigenvalue weighted by Gasteiger charge is 2.16. The van der Waals surface area contributed by atoms with E-state index in [1.807, 2.05) is 5.38 Å². The fourth-order valence-corrected chi connectivity index (χ4v) is 1.60. The second-order valence-electron chi connectivity index (χ2n) is 3.11. The minimum atomic E-state index is -1.04. The first-order valence-electron chi connectivity index (χ1n) is 4.77. The number of thiazole rings is 1. The van der Waals surface area contributed by atoms with Crippen LogP contribution in [0.25, 0.3) is 0 Å². The zero-order valence-electron chi connectivity index (χ0n) is 8.77. The van der Waals surface area contributed by atoms with E-state index in [0.29, 0.717) is 13.0 Å². The van der Waals surface area contributed by atoms with E-state index in [0.717, 1.165) is 5.69 Å². The van der Waals surface area contributed by atoms with Gasteiger partial charge in [0, 0.05) is 5.38 Å². The lowest BCUT2D eigenvalue weighted by atomic mass is 10.2. The normalized spacial score (nSPS) is 11.8. The lowest BCUT2D eigenvalue weighted by Gasteiger charge is -2.12. The van der Waals surface area contributed by atoms with Crippen molar-refractivity contribution in [1.82, 2.24) is 15.6 Å². The summed E-state index contributed by atoms with van der Waals surface area (Å²) in [5.74, 6) is -1.04. The summed E-state index contributed by atoms with van der Waals surface area (Å²) >= 11 is 1.44. The molecule has 0 aliphatic carbocycles. The number of nitrogens with one attached hydrogen (secondary N) is 2. The highest BCUT2D eigenvalue weighted by atomic mass is 32.1. The van der Waals surface area contributed by atoms with E-state index in [4.69, 9.17) is 5.11 Å². The molecule has 0 spiro atoms. The van der Waals surface area contributed by atoms with Crippen molar-refractivity contribution >= 4 is 23.3 Å². The molecule has 0 radical (unpaired) electrons. The van der Waals surface area contributed by atoms with Crippen molar-refractivity contribution in [3.8, 4) is 0 Å². The summed E-state index contributed by atoms with van der Waals surface area (Å²) in [7, 11) is 0. The summed E-state index contributed by atoms with van der Waals surface area (Å²) in [6.45, 7) is 1.99. The van der Waals surface area contributed by atoms with Gasteiger partial charge < -0.3 is 15.7 Å². The third kappa shape index (κ3) is 3.85. The van der Waals surface area contributed by atoms with Gasteiger partial charge in [-0.25, -0.2) is 14.6 Å². The number of urea groups is 1. The van der Waals surface area contributed by atoms with E-state index in [9.17, 15) is 9.59 Å². The number of hydrogen-bond acceptors (Lipinski definition) is 4. The molecule has 1 heterocycles. The van der Waals surface area contributed by atoms with Crippen LogP contribution in [0.4, 0.5) is 4.79 Å². The molecule has 0 bridgehead atoms. The summed E-state index contributed by atoms with van der Waals surface area (Å²) in [5.41, 5.74) is 2.42. The number of aliphatic carboxylic acids is 1. The van der Waals surface area contributed by atoms with Gasteiger partial charge in [-0.15, -0.1) is 11.3 Å². The first kappa shape index (κ1) is 12.4. The first-order valence-corrected chi connectivity index (χ1v) is 5.72. The molecule has 0 saturated heterocycles. The van der Waals surface area contributed by atoms with Gasteiger partial charge in [0.2, 0.25) is 0 Å². The van der Waals surface area contributed by atoms with Crippen LogP contribution in [0.5, 0.6) is 0 Å². The van der Waals surface area contributed by atoms with E-state index in [2.05, 4.69) is 15.6 Å². The maximum atomic E-state index is 11.3. The number of amides is 2. The van der Waals surface area contributed by atoms with Gasteiger partial charge in [-0.1, -0.05) is 6.92 Å². The summed E-state index contributed by atoms with van der Waals surface area (Å²) in [5, 5.41) is 15.4. The average Bonchev–Trinajstić information content (AvgIpc) is 2.75. The Morgan fingerprint density at radius 3 is 2.88 bits per heavy atom. The molecule has 1 atom stereocenters. The zero-order valence-corrected chi connectivity index (χ0v) is 9.58. The number of nitrogens with zero attached hydrogens (tertiary/aromatic N) is 1. The maximum absolute atomic E-state index is 11.3. The van der Waals surface area contributed by atoms with Crippen molar-refractivity contribution in [3.63, 3.8) is 0 Å². The number of carboxylic acid groups (broad SMARTS) is 1. The summed E-state index contributed by atoms with van der Waals surface area (Å²) in [4.78, 5) is 25.9. The van der Waals surface area contributed by atoms with Crippen LogP contribution in [0.3, 0.4) is 0 Å². The minimum Gasteiger partial charge on any atom is -0.480 e. The van der Waals surface area contributed by atoms with Crippen LogP contribution < -0.4 is 10.6 Å². The highest BCUT2D eigenvalue weighted by Crippen LogP contribution is 1.99. The van der Waals surface area contributed by atoms with Crippen LogP contribution in [0, 0.1) is 0 Å². The van der Waals surface area contributed by atoms with Gasteiger partial charge in [-0.2, -0.15) is 0 Å². The predicted molar refractivity (Wildman–Crippen MR) is 59.2 cm³/mol. The third-order valence-corrected chi connectivity index (χ3v) is 2.56. The van der Waals surface area contributed by atoms with Crippen molar-refractivity contribution in [3.05, 3.63) is 16.6 Å². The largest absolute Gasteiger partial charge is 0.480 e. The fourth-order valence-electron chi connectivity index (χ4n) is 1.04. The van der Waals surface area contributed by atoms with E-state index >= 15 is 0 Å². The molecule has 0 aromatic carbocycles. The van der Waals surface area contributed by atoms with Crippen molar-refractivity contribution in [2.45, 2.75) is 25.9 Å². The van der Waals surface area contributed by atoms with E-state index in [1.54, 1.807) is 12.4 Å². The Morgan fingerprint density at radius 1 is 1.62 bits per heavy atom. The Balaban J connectivity index is 2.33. The molecule has 16 heavy (non-hydrogen) atoms. The van der Waals surface area contributed by atoms with Crippen LogP contribution >= 0.6 is 11.3 Å². The van der Waals surface area contributed by atoms with Crippen LogP contribution in [-0.4, -0.2) is 28.1 Å². The number of carbonyl (C=O) groups is 2. The lowest BCUT2D eigenvalue weighted by Crippen LogP contribution is -2.45. The van der Waals surface area contributed by atoms with Crippen LogP contribution in [-0.2, 0) is 11.3 Å². The number of rotatable bonds is 5. The average molecular weight is 243 g/mol. The predicted octanol–water partition coefficient (Wildman–Crippen LogP) is 0.805. The van der Waals surface area contributed by atoms with E-state index in [-0.39, 0.29) is 0 Å². The van der Waals surface area contributed by atoms with Crippen molar-refractivity contribution < 1.29 is 14.7 Å². The Morgan fingerprint density at radius 2 is 2.38 bits per heavy atom. The monoisotopic (exact) mass is 243 g/mol. The zero-order chi connectivity index (χ0) is 12.0. The van der Waals surface area contributed by atoms with Crippen molar-refractivity contribution in [2.75, 3.05) is 0 Å². The van der Waals surface area contributed by atoms with Gasteiger partial charge in [0.25, 0.3) is 0 Å². The molecule has 0 aliphatic heterocycles. The van der Waals surface area contributed by atoms with Gasteiger partial charge in [-0.05, 0) is 6.42 Å². The van der Waals surface area contributed by atoms with Crippen molar-refractivity contribution in [2.24, 2.45) is 0 Å². The molecule has 1 aromatic rings. The second-order valence-corrected chi connectivity index (χ2v) is 3.82. The van der Waals surface area contributed by atoms with Crippen LogP contribution in [0.1, 0.15) is 19.0 Å². The number of hydrogen-bond donors (Lipinski definition) is 3. The molecule has 0 fully saturated rings. The molecule has 3 N–H and O–H groups in total. The highest BCUT2D eigenvalue weighted by molar-refractivity contribution is 7.07. The molecule has 0 unspecified atom stereocenters. The number of carboxylic acids is 1. The van der Waals surface area contributed by atoms with Gasteiger partial charge >= 0.3 is 12.0 Å². The Bertz CT molecular complexity index is 353. The fraction of sp³-hybridized carbons (Fsp3) is 0.444. The van der Waals surface area contributed by atoms with Crippen LogP contribution in [0.2, 0.25) is 0 Å². The molecular weight excluding hydrogens is 230 g/mol. The first-order chi connectivity index (χ1) is 7.63.